The molecular formula is C12H17N3O2. The van der Waals surface area contributed by atoms with Crippen molar-refractivity contribution in [2.24, 2.45) is 11.7 Å². The summed E-state index contributed by atoms with van der Waals surface area (Å²) in [6.07, 6.45) is 2.46. The first-order valence-corrected chi connectivity index (χ1v) is 5.72. The van der Waals surface area contributed by atoms with Crippen molar-refractivity contribution in [1.82, 2.24) is 4.98 Å². The number of carbonyl (C=O) groups is 1. The lowest BCUT2D eigenvalue weighted by Crippen LogP contribution is -2.28. The molecule has 1 aliphatic rings. The fraction of sp³-hybridized carbons (Fsp3) is 0.500. The number of anilines is 1. The van der Waals surface area contributed by atoms with E-state index >= 15 is 0 Å². The predicted octanol–water partition coefficient (Wildman–Crippen LogP) is 0.194. The van der Waals surface area contributed by atoms with Crippen LogP contribution < -0.4 is 10.6 Å². The highest BCUT2D eigenvalue weighted by Crippen LogP contribution is 2.25. The van der Waals surface area contributed by atoms with E-state index in [9.17, 15) is 4.79 Å². The molecule has 1 atom stereocenters. The molecule has 5 heteroatoms. The van der Waals surface area contributed by atoms with E-state index < -0.39 is 0 Å². The zero-order chi connectivity index (χ0) is 12.4. The Morgan fingerprint density at radius 3 is 3.00 bits per heavy atom. The maximum Gasteiger partial charge on any atom is 0.222 e. The number of pyridine rings is 1. The van der Waals surface area contributed by atoms with Gasteiger partial charge in [-0.1, -0.05) is 0 Å². The van der Waals surface area contributed by atoms with Crippen LogP contribution in [0.2, 0.25) is 0 Å². The first-order valence-electron chi connectivity index (χ1n) is 5.72. The van der Waals surface area contributed by atoms with Gasteiger partial charge in [0.05, 0.1) is 12.5 Å². The SMILES string of the molecule is Cc1cc(CO)cnc1N1CCC(C(N)=O)C1. The van der Waals surface area contributed by atoms with Crippen molar-refractivity contribution < 1.29 is 9.90 Å². The molecule has 0 aliphatic carbocycles. The summed E-state index contributed by atoms with van der Waals surface area (Å²) in [5.41, 5.74) is 7.12. The average Bonchev–Trinajstić information content (AvgIpc) is 2.78. The van der Waals surface area contributed by atoms with Gasteiger partial charge in [-0.2, -0.15) is 0 Å². The van der Waals surface area contributed by atoms with Crippen LogP contribution in [0, 0.1) is 12.8 Å². The molecule has 2 rings (SSSR count). The Morgan fingerprint density at radius 1 is 1.71 bits per heavy atom. The molecule has 2 heterocycles. The zero-order valence-corrected chi connectivity index (χ0v) is 9.89. The van der Waals surface area contributed by atoms with E-state index in [0.717, 1.165) is 29.9 Å². The molecule has 1 aliphatic heterocycles. The van der Waals surface area contributed by atoms with E-state index in [2.05, 4.69) is 9.88 Å². The van der Waals surface area contributed by atoms with Crippen molar-refractivity contribution in [1.29, 1.82) is 0 Å². The Bertz CT molecular complexity index is 434. The Hall–Kier alpha value is -1.62. The van der Waals surface area contributed by atoms with Gasteiger partial charge in [-0.25, -0.2) is 4.98 Å². The molecule has 0 bridgehead atoms. The minimum atomic E-state index is -0.239. The third-order valence-corrected chi connectivity index (χ3v) is 3.18. The van der Waals surface area contributed by atoms with E-state index in [1.807, 2.05) is 13.0 Å². The Kier molecular flexibility index (Phi) is 3.28. The molecule has 3 N–H and O–H groups in total. The van der Waals surface area contributed by atoms with Crippen molar-refractivity contribution in [2.45, 2.75) is 20.0 Å². The van der Waals surface area contributed by atoms with E-state index in [1.165, 1.54) is 0 Å². The molecule has 0 spiro atoms. The van der Waals surface area contributed by atoms with E-state index in [1.54, 1.807) is 6.20 Å². The van der Waals surface area contributed by atoms with Gasteiger partial charge in [0.2, 0.25) is 5.91 Å². The summed E-state index contributed by atoms with van der Waals surface area (Å²) in [6.45, 7) is 3.40. The number of aromatic nitrogens is 1. The lowest BCUT2D eigenvalue weighted by molar-refractivity contribution is -0.121. The first kappa shape index (κ1) is 11.9. The molecule has 1 saturated heterocycles. The van der Waals surface area contributed by atoms with Crippen LogP contribution in [0.15, 0.2) is 12.3 Å². The number of aryl methyl sites for hydroxylation is 1. The number of aliphatic hydroxyl groups excluding tert-OH is 1. The average molecular weight is 235 g/mol. The molecule has 1 amide bonds. The highest BCUT2D eigenvalue weighted by molar-refractivity contribution is 5.78. The van der Waals surface area contributed by atoms with Crippen molar-refractivity contribution in [3.63, 3.8) is 0 Å². The highest BCUT2D eigenvalue weighted by atomic mass is 16.3. The van der Waals surface area contributed by atoms with Crippen LogP contribution in [0.5, 0.6) is 0 Å². The monoisotopic (exact) mass is 235 g/mol. The number of aliphatic hydroxyl groups is 1. The van der Waals surface area contributed by atoms with Crippen LogP contribution in [0.25, 0.3) is 0 Å². The van der Waals surface area contributed by atoms with Gasteiger partial charge in [-0.15, -0.1) is 0 Å². The number of nitrogens with two attached hydrogens (primary N) is 1. The second-order valence-corrected chi connectivity index (χ2v) is 4.48. The second-order valence-electron chi connectivity index (χ2n) is 4.48. The van der Waals surface area contributed by atoms with Crippen LogP contribution in [-0.2, 0) is 11.4 Å². The molecule has 0 aromatic carbocycles. The van der Waals surface area contributed by atoms with Gasteiger partial charge in [0.1, 0.15) is 5.82 Å². The third kappa shape index (κ3) is 2.39. The summed E-state index contributed by atoms with van der Waals surface area (Å²) in [6, 6.07) is 1.92. The largest absolute Gasteiger partial charge is 0.392 e. The van der Waals surface area contributed by atoms with E-state index in [0.29, 0.717) is 6.54 Å². The minimum Gasteiger partial charge on any atom is -0.392 e. The van der Waals surface area contributed by atoms with Crippen LogP contribution in [0.4, 0.5) is 5.82 Å². The number of nitrogens with zero attached hydrogens (tertiary/aromatic N) is 2. The van der Waals surface area contributed by atoms with Gasteiger partial charge in [0.15, 0.2) is 0 Å². The van der Waals surface area contributed by atoms with Crippen LogP contribution in [-0.4, -0.2) is 29.1 Å². The van der Waals surface area contributed by atoms with Crippen molar-refractivity contribution >= 4 is 11.7 Å². The van der Waals surface area contributed by atoms with Gasteiger partial charge in [0.25, 0.3) is 0 Å². The van der Waals surface area contributed by atoms with Crippen LogP contribution in [0.1, 0.15) is 17.5 Å². The fourth-order valence-electron chi connectivity index (χ4n) is 2.23. The smallest absolute Gasteiger partial charge is 0.222 e. The third-order valence-electron chi connectivity index (χ3n) is 3.18. The molecule has 0 radical (unpaired) electrons. The lowest BCUT2D eigenvalue weighted by atomic mass is 10.1. The maximum atomic E-state index is 11.1. The van der Waals surface area contributed by atoms with Crippen LogP contribution >= 0.6 is 0 Å². The molecule has 1 aromatic heterocycles. The van der Waals surface area contributed by atoms with Gasteiger partial charge in [-0.05, 0) is 30.5 Å². The predicted molar refractivity (Wildman–Crippen MR) is 64.4 cm³/mol. The molecule has 5 nitrogen and oxygen atoms in total. The second kappa shape index (κ2) is 4.71. The fourth-order valence-corrected chi connectivity index (χ4v) is 2.23. The molecule has 0 saturated carbocycles. The summed E-state index contributed by atoms with van der Waals surface area (Å²) in [5, 5.41) is 9.02. The number of hydrogen-bond acceptors (Lipinski definition) is 4. The number of carbonyl (C=O) groups excluding carboxylic acids is 1. The molecule has 92 valence electrons. The maximum absolute atomic E-state index is 11.1. The Balaban J connectivity index is 2.16. The van der Waals surface area contributed by atoms with E-state index in [-0.39, 0.29) is 18.4 Å². The Morgan fingerprint density at radius 2 is 2.47 bits per heavy atom. The van der Waals surface area contributed by atoms with Crippen molar-refractivity contribution in [3.05, 3.63) is 23.4 Å². The zero-order valence-electron chi connectivity index (χ0n) is 9.89. The summed E-state index contributed by atoms with van der Waals surface area (Å²) >= 11 is 0. The summed E-state index contributed by atoms with van der Waals surface area (Å²) in [4.78, 5) is 17.5. The van der Waals surface area contributed by atoms with Crippen molar-refractivity contribution in [3.8, 4) is 0 Å². The van der Waals surface area contributed by atoms with Gasteiger partial charge < -0.3 is 15.7 Å². The van der Waals surface area contributed by atoms with Crippen LogP contribution in [0.3, 0.4) is 0 Å². The molecule has 17 heavy (non-hydrogen) atoms. The summed E-state index contributed by atoms with van der Waals surface area (Å²) in [5.74, 6) is 0.566. The van der Waals surface area contributed by atoms with E-state index in [4.69, 9.17) is 10.8 Å². The summed E-state index contributed by atoms with van der Waals surface area (Å²) < 4.78 is 0. The topological polar surface area (TPSA) is 79.5 Å². The molecule has 1 unspecified atom stereocenters. The highest BCUT2D eigenvalue weighted by Gasteiger charge is 2.28. The van der Waals surface area contributed by atoms with Gasteiger partial charge in [0, 0.05) is 19.3 Å². The number of hydrogen-bond donors (Lipinski definition) is 2. The molecule has 1 fully saturated rings. The van der Waals surface area contributed by atoms with Gasteiger partial charge >= 0.3 is 0 Å². The number of primary amides is 1. The molecular weight excluding hydrogens is 218 g/mol. The lowest BCUT2D eigenvalue weighted by Gasteiger charge is -2.19. The van der Waals surface area contributed by atoms with Crippen molar-refractivity contribution in [2.75, 3.05) is 18.0 Å². The first-order chi connectivity index (χ1) is 8.11. The normalized spacial score (nSPS) is 19.6. The quantitative estimate of drug-likeness (QED) is 0.784. The standard InChI is InChI=1S/C12H17N3O2/c1-8-4-9(7-16)5-14-12(8)15-3-2-10(6-15)11(13)17/h4-5,10,16H,2-3,6-7H2,1H3,(H2,13,17). The van der Waals surface area contributed by atoms with Gasteiger partial charge in [-0.3, -0.25) is 4.79 Å². The minimum absolute atomic E-state index is 0.00195. The number of amides is 1. The Labute approximate surface area is 100 Å². The summed E-state index contributed by atoms with van der Waals surface area (Å²) in [7, 11) is 0. The molecule has 1 aromatic rings. The number of rotatable bonds is 3.